The van der Waals surface area contributed by atoms with E-state index in [0.29, 0.717) is 32.5 Å². The molecule has 1 N–H and O–H groups in total. The Labute approximate surface area is 158 Å². The number of hydrogen-bond acceptors (Lipinski definition) is 4. The zero-order valence-corrected chi connectivity index (χ0v) is 15.3. The lowest BCUT2D eigenvalue weighted by Crippen LogP contribution is -2.45. The summed E-state index contributed by atoms with van der Waals surface area (Å²) in [4.78, 5) is 44.3. The third-order valence-electron chi connectivity index (χ3n) is 6.26. The van der Waals surface area contributed by atoms with Gasteiger partial charge in [0.15, 0.2) is 0 Å². The van der Waals surface area contributed by atoms with Crippen molar-refractivity contribution in [2.75, 3.05) is 19.6 Å². The molecule has 7 nitrogen and oxygen atoms in total. The van der Waals surface area contributed by atoms with Crippen molar-refractivity contribution >= 4 is 17.8 Å². The van der Waals surface area contributed by atoms with Gasteiger partial charge in [0.25, 0.3) is 0 Å². The number of piperidine rings is 1. The van der Waals surface area contributed by atoms with Crippen LogP contribution in [0.4, 0.5) is 0 Å². The normalized spacial score (nSPS) is 24.2. The van der Waals surface area contributed by atoms with E-state index in [9.17, 15) is 19.5 Å². The Hall–Kier alpha value is -2.44. The molecule has 144 valence electrons. The summed E-state index contributed by atoms with van der Waals surface area (Å²) >= 11 is 0. The molecule has 1 spiro atoms. The lowest BCUT2D eigenvalue weighted by atomic mass is 9.76. The van der Waals surface area contributed by atoms with Gasteiger partial charge in [0.1, 0.15) is 6.04 Å². The molecule has 3 fully saturated rings. The van der Waals surface area contributed by atoms with Gasteiger partial charge >= 0.3 is 5.97 Å². The van der Waals surface area contributed by atoms with Crippen LogP contribution in [0.5, 0.6) is 0 Å². The topological polar surface area (TPSA) is 90.8 Å². The number of rotatable bonds is 4. The standard InChI is InChI=1S/C20H25N3O4/c24-17(10-14-2-1-7-21-12-14)22-8-5-20(6-9-22)11-16(19(26)27)23(13-20)18(25)15-3-4-15/h1-2,7,12,15-16H,3-6,8-11,13H2,(H,26,27). The fourth-order valence-corrected chi connectivity index (χ4v) is 4.46. The van der Waals surface area contributed by atoms with Crippen LogP contribution in [0.1, 0.15) is 37.7 Å². The average molecular weight is 371 g/mol. The predicted molar refractivity (Wildman–Crippen MR) is 96.7 cm³/mol. The van der Waals surface area contributed by atoms with Gasteiger partial charge in [-0.15, -0.1) is 0 Å². The molecule has 27 heavy (non-hydrogen) atoms. The fraction of sp³-hybridized carbons (Fsp3) is 0.600. The van der Waals surface area contributed by atoms with Crippen molar-refractivity contribution in [3.8, 4) is 0 Å². The van der Waals surface area contributed by atoms with Crippen LogP contribution in [0.2, 0.25) is 0 Å². The Morgan fingerprint density at radius 1 is 1.22 bits per heavy atom. The highest BCUT2D eigenvalue weighted by Gasteiger charge is 2.52. The molecule has 1 saturated carbocycles. The molecule has 3 heterocycles. The Morgan fingerprint density at radius 2 is 1.96 bits per heavy atom. The molecule has 7 heteroatoms. The summed E-state index contributed by atoms with van der Waals surface area (Å²) in [5.74, 6) is -0.787. The third kappa shape index (κ3) is 3.68. The van der Waals surface area contributed by atoms with E-state index in [-0.39, 0.29) is 23.1 Å². The van der Waals surface area contributed by atoms with Crippen LogP contribution in [0.3, 0.4) is 0 Å². The van der Waals surface area contributed by atoms with Crippen LogP contribution < -0.4 is 0 Å². The van der Waals surface area contributed by atoms with Gasteiger partial charge < -0.3 is 14.9 Å². The van der Waals surface area contributed by atoms with Crippen LogP contribution in [-0.4, -0.2) is 63.4 Å². The number of likely N-dealkylation sites (tertiary alicyclic amines) is 2. The molecule has 1 unspecified atom stereocenters. The number of carboxylic acids is 1. The molecular formula is C20H25N3O4. The van der Waals surface area contributed by atoms with E-state index in [4.69, 9.17) is 0 Å². The zero-order chi connectivity index (χ0) is 19.0. The van der Waals surface area contributed by atoms with Crippen molar-refractivity contribution in [2.24, 2.45) is 11.3 Å². The van der Waals surface area contributed by atoms with Crippen molar-refractivity contribution in [2.45, 2.75) is 44.6 Å². The molecule has 4 rings (SSSR count). The van der Waals surface area contributed by atoms with E-state index in [1.807, 2.05) is 17.0 Å². The summed E-state index contributed by atoms with van der Waals surface area (Å²) in [6, 6.07) is 3.01. The Bertz CT molecular complexity index is 739. The number of aliphatic carboxylic acids is 1. The molecule has 2 saturated heterocycles. The van der Waals surface area contributed by atoms with Gasteiger partial charge in [0.05, 0.1) is 6.42 Å². The molecule has 1 aromatic heterocycles. The number of hydrogen-bond donors (Lipinski definition) is 1. The van der Waals surface area contributed by atoms with Crippen molar-refractivity contribution < 1.29 is 19.5 Å². The molecule has 3 aliphatic rings. The minimum absolute atomic E-state index is 0.00867. The van der Waals surface area contributed by atoms with Gasteiger partial charge in [-0.3, -0.25) is 14.6 Å². The maximum absolute atomic E-state index is 12.6. The lowest BCUT2D eigenvalue weighted by molar-refractivity contribution is -0.148. The SMILES string of the molecule is O=C(O)C1CC2(CCN(C(=O)Cc3cccnc3)CC2)CN1C(=O)C1CC1. The van der Waals surface area contributed by atoms with Crippen LogP contribution in [-0.2, 0) is 20.8 Å². The van der Waals surface area contributed by atoms with E-state index in [1.54, 1.807) is 17.3 Å². The van der Waals surface area contributed by atoms with Gasteiger partial charge in [-0.25, -0.2) is 4.79 Å². The first-order valence-corrected chi connectivity index (χ1v) is 9.67. The molecular weight excluding hydrogens is 346 g/mol. The number of carbonyl (C=O) groups is 3. The van der Waals surface area contributed by atoms with E-state index < -0.39 is 12.0 Å². The Morgan fingerprint density at radius 3 is 2.56 bits per heavy atom. The highest BCUT2D eigenvalue weighted by molar-refractivity contribution is 5.87. The smallest absolute Gasteiger partial charge is 0.326 e. The van der Waals surface area contributed by atoms with Crippen LogP contribution >= 0.6 is 0 Å². The Kier molecular flexibility index (Phi) is 4.61. The van der Waals surface area contributed by atoms with E-state index in [1.165, 1.54) is 0 Å². The number of nitrogens with zero attached hydrogens (tertiary/aromatic N) is 3. The van der Waals surface area contributed by atoms with Gasteiger partial charge in [-0.05, 0) is 49.1 Å². The molecule has 2 aliphatic heterocycles. The van der Waals surface area contributed by atoms with Crippen LogP contribution in [0.15, 0.2) is 24.5 Å². The molecule has 2 amide bonds. The highest BCUT2D eigenvalue weighted by Crippen LogP contribution is 2.45. The number of aromatic nitrogens is 1. The second kappa shape index (κ2) is 6.94. The maximum atomic E-state index is 12.6. The molecule has 0 bridgehead atoms. The van der Waals surface area contributed by atoms with E-state index in [2.05, 4.69) is 4.98 Å². The minimum atomic E-state index is -0.907. The lowest BCUT2D eigenvalue weighted by Gasteiger charge is -2.39. The predicted octanol–water partition coefficient (Wildman–Crippen LogP) is 1.33. The molecule has 1 atom stereocenters. The van der Waals surface area contributed by atoms with Crippen molar-refractivity contribution in [3.63, 3.8) is 0 Å². The highest BCUT2D eigenvalue weighted by atomic mass is 16.4. The number of carbonyl (C=O) groups excluding carboxylic acids is 2. The Balaban J connectivity index is 1.38. The fourth-order valence-electron chi connectivity index (χ4n) is 4.46. The average Bonchev–Trinajstić information content (AvgIpc) is 3.45. The van der Waals surface area contributed by atoms with Gasteiger partial charge in [-0.2, -0.15) is 0 Å². The third-order valence-corrected chi connectivity index (χ3v) is 6.26. The van der Waals surface area contributed by atoms with Crippen molar-refractivity contribution in [1.29, 1.82) is 0 Å². The quantitative estimate of drug-likeness (QED) is 0.862. The van der Waals surface area contributed by atoms with E-state index >= 15 is 0 Å². The first-order valence-electron chi connectivity index (χ1n) is 9.67. The largest absolute Gasteiger partial charge is 0.480 e. The molecule has 0 aromatic carbocycles. The number of pyridine rings is 1. The number of carboxylic acid groups (broad SMARTS) is 1. The summed E-state index contributed by atoms with van der Waals surface area (Å²) in [7, 11) is 0. The second-order valence-electron chi connectivity index (χ2n) is 8.22. The van der Waals surface area contributed by atoms with Crippen molar-refractivity contribution in [1.82, 2.24) is 14.8 Å². The first kappa shape index (κ1) is 17.9. The van der Waals surface area contributed by atoms with Gasteiger partial charge in [0.2, 0.25) is 11.8 Å². The number of amides is 2. The summed E-state index contributed by atoms with van der Waals surface area (Å²) in [5.41, 5.74) is 0.731. The van der Waals surface area contributed by atoms with Crippen LogP contribution in [0, 0.1) is 11.3 Å². The summed E-state index contributed by atoms with van der Waals surface area (Å²) in [6.07, 6.45) is 7.51. The molecule has 0 radical (unpaired) electrons. The van der Waals surface area contributed by atoms with E-state index in [0.717, 1.165) is 31.2 Å². The van der Waals surface area contributed by atoms with Gasteiger partial charge in [0, 0.05) is 37.9 Å². The van der Waals surface area contributed by atoms with Crippen molar-refractivity contribution in [3.05, 3.63) is 30.1 Å². The summed E-state index contributed by atoms with van der Waals surface area (Å²) < 4.78 is 0. The maximum Gasteiger partial charge on any atom is 0.326 e. The summed E-state index contributed by atoms with van der Waals surface area (Å²) in [6.45, 7) is 1.76. The first-order chi connectivity index (χ1) is 13.0. The second-order valence-corrected chi connectivity index (χ2v) is 8.22. The summed E-state index contributed by atoms with van der Waals surface area (Å²) in [5, 5.41) is 9.59. The molecule has 1 aromatic rings. The minimum Gasteiger partial charge on any atom is -0.480 e. The zero-order valence-electron chi connectivity index (χ0n) is 15.3. The monoisotopic (exact) mass is 371 g/mol. The molecule has 1 aliphatic carbocycles. The van der Waals surface area contributed by atoms with Gasteiger partial charge in [-0.1, -0.05) is 6.07 Å². The van der Waals surface area contributed by atoms with Crippen LogP contribution in [0.25, 0.3) is 0 Å².